The number of carbonyl (C=O) groups is 3. The van der Waals surface area contributed by atoms with E-state index in [9.17, 15) is 18.8 Å². The van der Waals surface area contributed by atoms with Crippen molar-refractivity contribution in [2.75, 3.05) is 39.4 Å². The van der Waals surface area contributed by atoms with Gasteiger partial charge >= 0.3 is 0 Å². The SMILES string of the molecule is O=C(CN1C(=O)c2ccccc2C1=O)NC[C@H](c1ccc(F)cc1)N1CCOCC1. The zero-order valence-electron chi connectivity index (χ0n) is 16.3. The Bertz CT molecular complexity index is 922. The van der Waals surface area contributed by atoms with Gasteiger partial charge in [-0.15, -0.1) is 0 Å². The Morgan fingerprint density at radius 1 is 1.00 bits per heavy atom. The van der Waals surface area contributed by atoms with E-state index in [1.807, 2.05) is 0 Å². The van der Waals surface area contributed by atoms with Gasteiger partial charge in [-0.3, -0.25) is 24.2 Å². The molecule has 2 aromatic rings. The molecule has 3 amide bonds. The molecule has 30 heavy (non-hydrogen) atoms. The summed E-state index contributed by atoms with van der Waals surface area (Å²) in [5.74, 6) is -1.68. The van der Waals surface area contributed by atoms with E-state index < -0.39 is 17.7 Å². The standard InChI is InChI=1S/C22H22FN3O4/c23-16-7-5-15(6-8-16)19(25-9-11-30-12-10-25)13-24-20(27)14-26-21(28)17-3-1-2-4-18(17)22(26)29/h1-8,19H,9-14H2,(H,24,27)/t19-/m1/s1. The van der Waals surface area contributed by atoms with Gasteiger partial charge in [0.1, 0.15) is 12.4 Å². The molecule has 1 saturated heterocycles. The number of fused-ring (bicyclic) bond motifs is 1. The Hall–Kier alpha value is -3.10. The predicted octanol–water partition coefficient (Wildman–Crippen LogP) is 1.61. The summed E-state index contributed by atoms with van der Waals surface area (Å²) in [6.45, 7) is 2.48. The highest BCUT2D eigenvalue weighted by Gasteiger charge is 2.36. The third-order valence-corrected chi connectivity index (χ3v) is 5.41. The van der Waals surface area contributed by atoms with E-state index in [-0.39, 0.29) is 24.9 Å². The van der Waals surface area contributed by atoms with Crippen LogP contribution in [-0.4, -0.2) is 66.9 Å². The summed E-state index contributed by atoms with van der Waals surface area (Å²) in [4.78, 5) is 40.6. The molecule has 8 heteroatoms. The lowest BCUT2D eigenvalue weighted by atomic mass is 10.0. The van der Waals surface area contributed by atoms with Gasteiger partial charge in [-0.1, -0.05) is 24.3 Å². The lowest BCUT2D eigenvalue weighted by Gasteiger charge is -2.35. The van der Waals surface area contributed by atoms with E-state index in [0.717, 1.165) is 10.5 Å². The molecule has 1 fully saturated rings. The summed E-state index contributed by atoms with van der Waals surface area (Å²) in [7, 11) is 0. The van der Waals surface area contributed by atoms with Gasteiger partial charge in [0.25, 0.3) is 11.8 Å². The number of halogens is 1. The summed E-state index contributed by atoms with van der Waals surface area (Å²) in [5, 5.41) is 2.83. The van der Waals surface area contributed by atoms with Gasteiger partial charge in [0.15, 0.2) is 0 Å². The zero-order chi connectivity index (χ0) is 21.1. The Morgan fingerprint density at radius 2 is 1.60 bits per heavy atom. The number of amides is 3. The second-order valence-corrected chi connectivity index (χ2v) is 7.26. The second-order valence-electron chi connectivity index (χ2n) is 7.26. The second kappa shape index (κ2) is 8.73. The molecule has 0 saturated carbocycles. The fourth-order valence-corrected chi connectivity index (χ4v) is 3.82. The molecular formula is C22H22FN3O4. The van der Waals surface area contributed by atoms with Crippen LogP contribution in [-0.2, 0) is 9.53 Å². The molecule has 1 N–H and O–H groups in total. The van der Waals surface area contributed by atoms with Crippen LogP contribution in [0.25, 0.3) is 0 Å². The normalized spacial score (nSPS) is 17.7. The van der Waals surface area contributed by atoms with Crippen molar-refractivity contribution in [2.24, 2.45) is 0 Å². The Labute approximate surface area is 173 Å². The lowest BCUT2D eigenvalue weighted by Crippen LogP contribution is -2.46. The fourth-order valence-electron chi connectivity index (χ4n) is 3.82. The lowest BCUT2D eigenvalue weighted by molar-refractivity contribution is -0.121. The first kappa shape index (κ1) is 20.2. The van der Waals surface area contributed by atoms with Crippen LogP contribution in [0.3, 0.4) is 0 Å². The number of ether oxygens (including phenoxy) is 1. The molecule has 0 aromatic heterocycles. The molecule has 1 atom stereocenters. The van der Waals surface area contributed by atoms with Crippen molar-refractivity contribution < 1.29 is 23.5 Å². The highest BCUT2D eigenvalue weighted by Crippen LogP contribution is 2.23. The molecule has 7 nitrogen and oxygen atoms in total. The fraction of sp³-hybridized carbons (Fsp3) is 0.318. The highest BCUT2D eigenvalue weighted by atomic mass is 19.1. The summed E-state index contributed by atoms with van der Waals surface area (Å²) in [6, 6.07) is 12.5. The average molecular weight is 411 g/mol. The van der Waals surface area contributed by atoms with Gasteiger partial charge in [-0.25, -0.2) is 4.39 Å². The molecule has 2 aliphatic rings. The summed E-state index contributed by atoms with van der Waals surface area (Å²) < 4.78 is 18.7. The summed E-state index contributed by atoms with van der Waals surface area (Å²) >= 11 is 0. The molecule has 0 spiro atoms. The number of nitrogens with one attached hydrogen (secondary N) is 1. The molecule has 0 aliphatic carbocycles. The van der Waals surface area contributed by atoms with Gasteiger partial charge < -0.3 is 10.1 Å². The smallest absolute Gasteiger partial charge is 0.262 e. The van der Waals surface area contributed by atoms with Crippen molar-refractivity contribution >= 4 is 17.7 Å². The van der Waals surface area contributed by atoms with E-state index >= 15 is 0 Å². The van der Waals surface area contributed by atoms with Crippen LogP contribution < -0.4 is 5.32 Å². The molecule has 0 bridgehead atoms. The maximum atomic E-state index is 13.3. The Morgan fingerprint density at radius 3 is 2.20 bits per heavy atom. The first-order valence-electron chi connectivity index (χ1n) is 9.84. The number of hydrogen-bond acceptors (Lipinski definition) is 5. The maximum absolute atomic E-state index is 13.3. The number of rotatable bonds is 6. The monoisotopic (exact) mass is 411 g/mol. The first-order valence-corrected chi connectivity index (χ1v) is 9.84. The number of morpholine rings is 1. The molecule has 2 aromatic carbocycles. The highest BCUT2D eigenvalue weighted by molar-refractivity contribution is 6.22. The van der Waals surface area contributed by atoms with Gasteiger partial charge in [-0.05, 0) is 29.8 Å². The van der Waals surface area contributed by atoms with Crippen molar-refractivity contribution in [1.29, 1.82) is 0 Å². The van der Waals surface area contributed by atoms with Crippen molar-refractivity contribution in [3.63, 3.8) is 0 Å². The van der Waals surface area contributed by atoms with Crippen molar-refractivity contribution in [3.8, 4) is 0 Å². The number of imide groups is 1. The van der Waals surface area contributed by atoms with Crippen molar-refractivity contribution in [3.05, 3.63) is 71.0 Å². The van der Waals surface area contributed by atoms with Gasteiger partial charge in [0.2, 0.25) is 5.91 Å². The number of carbonyl (C=O) groups excluding carboxylic acids is 3. The predicted molar refractivity (Wildman–Crippen MR) is 106 cm³/mol. The molecular weight excluding hydrogens is 389 g/mol. The van der Waals surface area contributed by atoms with E-state index in [1.165, 1.54) is 12.1 Å². The van der Waals surface area contributed by atoms with Crippen molar-refractivity contribution in [1.82, 2.24) is 15.1 Å². The summed E-state index contributed by atoms with van der Waals surface area (Å²) in [6.07, 6.45) is 0. The van der Waals surface area contributed by atoms with E-state index in [2.05, 4.69) is 10.2 Å². The first-order chi connectivity index (χ1) is 14.5. The van der Waals surface area contributed by atoms with Crippen LogP contribution in [0.1, 0.15) is 32.3 Å². The van der Waals surface area contributed by atoms with E-state index in [0.29, 0.717) is 37.4 Å². The molecule has 2 heterocycles. The summed E-state index contributed by atoms with van der Waals surface area (Å²) in [5.41, 5.74) is 1.50. The average Bonchev–Trinajstić information content (AvgIpc) is 3.01. The minimum absolute atomic E-state index is 0.166. The van der Waals surface area contributed by atoms with E-state index in [4.69, 9.17) is 4.74 Å². The Kier molecular flexibility index (Phi) is 5.87. The van der Waals surface area contributed by atoms with Gasteiger partial charge in [0.05, 0.1) is 30.4 Å². The zero-order valence-corrected chi connectivity index (χ0v) is 16.3. The van der Waals surface area contributed by atoms with Gasteiger partial charge in [0, 0.05) is 19.6 Å². The van der Waals surface area contributed by atoms with E-state index in [1.54, 1.807) is 36.4 Å². The minimum Gasteiger partial charge on any atom is -0.379 e. The largest absolute Gasteiger partial charge is 0.379 e. The molecule has 4 rings (SSSR count). The van der Waals surface area contributed by atoms with Crippen LogP contribution in [0.15, 0.2) is 48.5 Å². The van der Waals surface area contributed by atoms with Gasteiger partial charge in [-0.2, -0.15) is 0 Å². The number of benzene rings is 2. The van der Waals surface area contributed by atoms with Crippen LogP contribution in [0, 0.1) is 5.82 Å². The Balaban J connectivity index is 1.42. The van der Waals surface area contributed by atoms with Crippen LogP contribution in [0.4, 0.5) is 4.39 Å². The molecule has 156 valence electrons. The van der Waals surface area contributed by atoms with Crippen LogP contribution in [0.2, 0.25) is 0 Å². The van der Waals surface area contributed by atoms with Crippen LogP contribution >= 0.6 is 0 Å². The topological polar surface area (TPSA) is 79.0 Å². The third-order valence-electron chi connectivity index (χ3n) is 5.41. The number of nitrogens with zero attached hydrogens (tertiary/aromatic N) is 2. The molecule has 0 unspecified atom stereocenters. The maximum Gasteiger partial charge on any atom is 0.262 e. The number of hydrogen-bond donors (Lipinski definition) is 1. The minimum atomic E-state index is -0.464. The van der Waals surface area contributed by atoms with Crippen molar-refractivity contribution in [2.45, 2.75) is 6.04 Å². The quantitative estimate of drug-likeness (QED) is 0.731. The molecule has 0 radical (unpaired) electrons. The molecule has 2 aliphatic heterocycles. The third kappa shape index (κ3) is 4.10. The van der Waals surface area contributed by atoms with Crippen LogP contribution in [0.5, 0.6) is 0 Å².